The number of benzene rings is 2. The molecule has 0 amide bonds. The average molecular weight is 315 g/mol. The van der Waals surface area contributed by atoms with Gasteiger partial charge in [0.25, 0.3) is 0 Å². The lowest BCUT2D eigenvalue weighted by Gasteiger charge is -2.26. The Labute approximate surface area is 134 Å². The molecule has 3 heteroatoms. The molecule has 0 heterocycles. The summed E-state index contributed by atoms with van der Waals surface area (Å²) in [5, 5.41) is 5.24. The highest BCUT2D eigenvalue weighted by Gasteiger charge is 2.30. The van der Waals surface area contributed by atoms with Gasteiger partial charge in [-0.25, -0.2) is 0 Å². The van der Waals surface area contributed by atoms with E-state index in [1.165, 1.54) is 0 Å². The largest absolute Gasteiger partial charge is 0.297 e. The van der Waals surface area contributed by atoms with E-state index < -0.39 is 7.29 Å². The molecule has 2 atom stereocenters. The molecule has 0 aliphatic carbocycles. The van der Waals surface area contributed by atoms with Crippen molar-refractivity contribution in [2.75, 3.05) is 0 Å². The van der Waals surface area contributed by atoms with Crippen LogP contribution < -0.4 is 15.7 Å². The maximum atomic E-state index is 13.9. The van der Waals surface area contributed by atoms with E-state index in [1.807, 2.05) is 61.5 Å². The molecule has 0 aromatic heterocycles. The molecular weight excluding hydrogens is 289 g/mol. The third-order valence-corrected chi connectivity index (χ3v) is 6.81. The van der Waals surface area contributed by atoms with Crippen LogP contribution in [-0.4, -0.2) is 6.04 Å². The van der Waals surface area contributed by atoms with Crippen LogP contribution in [0.3, 0.4) is 0 Å². The van der Waals surface area contributed by atoms with Crippen molar-refractivity contribution >= 4 is 17.9 Å². The standard InChI is InChI=1S/C19H26NOP/c1-15(2)14-17(4)20-22(21,18-11-6-5-7-12-18)19-13-9-8-10-16(19)3/h5-13,15,17H,14H2,1-4H3,(H,20,21)/t17-,22?/m0/s1. The zero-order valence-electron chi connectivity index (χ0n) is 13.9. The van der Waals surface area contributed by atoms with E-state index in [9.17, 15) is 4.57 Å². The molecule has 0 fully saturated rings. The highest BCUT2D eigenvalue weighted by Crippen LogP contribution is 2.40. The lowest BCUT2D eigenvalue weighted by atomic mass is 10.1. The molecule has 1 unspecified atom stereocenters. The molecule has 0 spiro atoms. The van der Waals surface area contributed by atoms with E-state index >= 15 is 0 Å². The summed E-state index contributed by atoms with van der Waals surface area (Å²) in [6.07, 6.45) is 1.00. The molecule has 0 radical (unpaired) electrons. The first-order valence-electron chi connectivity index (χ1n) is 7.93. The molecule has 1 N–H and O–H groups in total. The highest BCUT2D eigenvalue weighted by atomic mass is 31.2. The van der Waals surface area contributed by atoms with E-state index in [0.29, 0.717) is 5.92 Å². The third kappa shape index (κ3) is 3.88. The number of aryl methyl sites for hydroxylation is 1. The Bertz CT molecular complexity index is 651. The lowest BCUT2D eigenvalue weighted by Crippen LogP contribution is -2.35. The van der Waals surface area contributed by atoms with Crippen molar-refractivity contribution in [1.82, 2.24) is 5.09 Å². The molecule has 2 aromatic carbocycles. The Hall–Kier alpha value is -1.37. The van der Waals surface area contributed by atoms with Crippen molar-refractivity contribution in [3.05, 3.63) is 60.2 Å². The number of rotatable bonds is 6. The van der Waals surface area contributed by atoms with Crippen molar-refractivity contribution in [2.24, 2.45) is 5.92 Å². The smallest absolute Gasteiger partial charge is 0.205 e. The van der Waals surface area contributed by atoms with E-state index in [1.54, 1.807) is 0 Å². The number of hydrogen-bond donors (Lipinski definition) is 1. The monoisotopic (exact) mass is 315 g/mol. The Morgan fingerprint density at radius 3 is 2.14 bits per heavy atom. The van der Waals surface area contributed by atoms with Crippen LogP contribution in [0.1, 0.15) is 32.8 Å². The van der Waals surface area contributed by atoms with Gasteiger partial charge >= 0.3 is 0 Å². The van der Waals surface area contributed by atoms with Crippen LogP contribution in [0.5, 0.6) is 0 Å². The minimum absolute atomic E-state index is 0.200. The first kappa shape index (κ1) is 17.0. The van der Waals surface area contributed by atoms with Crippen LogP contribution >= 0.6 is 7.29 Å². The van der Waals surface area contributed by atoms with Crippen LogP contribution in [0.25, 0.3) is 0 Å². The molecule has 0 aliphatic rings. The maximum absolute atomic E-state index is 13.9. The van der Waals surface area contributed by atoms with Gasteiger partial charge in [-0.05, 0) is 49.9 Å². The van der Waals surface area contributed by atoms with Gasteiger partial charge in [-0.1, -0.05) is 50.2 Å². The van der Waals surface area contributed by atoms with Crippen molar-refractivity contribution in [3.63, 3.8) is 0 Å². The predicted molar refractivity (Wildman–Crippen MR) is 96.5 cm³/mol. The zero-order valence-corrected chi connectivity index (χ0v) is 14.8. The van der Waals surface area contributed by atoms with Crippen LogP contribution in [0, 0.1) is 12.8 Å². The Kier molecular flexibility index (Phi) is 5.61. The van der Waals surface area contributed by atoms with Crippen molar-refractivity contribution in [3.8, 4) is 0 Å². The van der Waals surface area contributed by atoms with Crippen LogP contribution in [0.15, 0.2) is 54.6 Å². The fourth-order valence-corrected chi connectivity index (χ4v) is 5.66. The summed E-state index contributed by atoms with van der Waals surface area (Å²) in [5.74, 6) is 0.573. The molecule has 0 saturated heterocycles. The summed E-state index contributed by atoms with van der Waals surface area (Å²) < 4.78 is 13.9. The normalized spacial score (nSPS) is 15.5. The summed E-state index contributed by atoms with van der Waals surface area (Å²) in [6.45, 7) is 8.53. The molecule has 2 rings (SSSR count). The first-order valence-corrected chi connectivity index (χ1v) is 9.64. The topological polar surface area (TPSA) is 29.1 Å². The first-order chi connectivity index (χ1) is 10.4. The van der Waals surface area contributed by atoms with Gasteiger partial charge in [-0.15, -0.1) is 0 Å². The third-order valence-electron chi connectivity index (χ3n) is 3.80. The average Bonchev–Trinajstić information content (AvgIpc) is 2.47. The zero-order chi connectivity index (χ0) is 16.2. The fraction of sp³-hybridized carbons (Fsp3) is 0.368. The van der Waals surface area contributed by atoms with E-state index in [-0.39, 0.29) is 6.04 Å². The molecular formula is C19H26NOP. The van der Waals surface area contributed by atoms with Gasteiger partial charge in [0.15, 0.2) is 0 Å². The van der Waals surface area contributed by atoms with Crippen molar-refractivity contribution in [1.29, 1.82) is 0 Å². The second kappa shape index (κ2) is 7.26. The maximum Gasteiger partial charge on any atom is 0.205 e. The minimum atomic E-state index is -2.82. The Morgan fingerprint density at radius 2 is 1.55 bits per heavy atom. The Balaban J connectivity index is 2.46. The molecule has 118 valence electrons. The van der Waals surface area contributed by atoms with Gasteiger partial charge in [0.1, 0.15) is 0 Å². The van der Waals surface area contributed by atoms with Crippen LogP contribution in [0.4, 0.5) is 0 Å². The molecule has 0 saturated carbocycles. The van der Waals surface area contributed by atoms with Crippen LogP contribution in [0.2, 0.25) is 0 Å². The second-order valence-corrected chi connectivity index (χ2v) is 8.87. The summed E-state index contributed by atoms with van der Waals surface area (Å²) >= 11 is 0. The van der Waals surface area contributed by atoms with Crippen molar-refractivity contribution < 1.29 is 4.57 Å². The van der Waals surface area contributed by atoms with Gasteiger partial charge in [0, 0.05) is 16.7 Å². The highest BCUT2D eigenvalue weighted by molar-refractivity contribution is 7.77. The minimum Gasteiger partial charge on any atom is -0.297 e. The summed E-state index contributed by atoms with van der Waals surface area (Å²) in [6, 6.07) is 18.0. The number of hydrogen-bond acceptors (Lipinski definition) is 1. The molecule has 2 aromatic rings. The quantitative estimate of drug-likeness (QED) is 0.808. The van der Waals surface area contributed by atoms with Crippen molar-refractivity contribution in [2.45, 2.75) is 40.2 Å². The lowest BCUT2D eigenvalue weighted by molar-refractivity contribution is 0.487. The molecule has 22 heavy (non-hydrogen) atoms. The summed E-state index contributed by atoms with van der Waals surface area (Å²) in [4.78, 5) is 0. The van der Waals surface area contributed by atoms with Gasteiger partial charge in [-0.3, -0.25) is 9.65 Å². The predicted octanol–water partition coefficient (Wildman–Crippen LogP) is 4.25. The second-order valence-electron chi connectivity index (χ2n) is 6.39. The molecule has 2 nitrogen and oxygen atoms in total. The SMILES string of the molecule is Cc1ccccc1P(=O)(N[C@@H](C)CC(C)C)c1ccccc1. The summed E-state index contributed by atoms with van der Waals surface area (Å²) in [5.41, 5.74) is 1.07. The number of nitrogens with one attached hydrogen (secondary N) is 1. The van der Waals surface area contributed by atoms with E-state index in [2.05, 4.69) is 25.9 Å². The van der Waals surface area contributed by atoms with Gasteiger partial charge < -0.3 is 0 Å². The fourth-order valence-electron chi connectivity index (χ4n) is 2.91. The van der Waals surface area contributed by atoms with Gasteiger partial charge in [-0.2, -0.15) is 0 Å². The molecule has 0 bridgehead atoms. The molecule has 0 aliphatic heterocycles. The summed E-state index contributed by atoms with van der Waals surface area (Å²) in [7, 11) is -2.82. The van der Waals surface area contributed by atoms with E-state index in [0.717, 1.165) is 22.6 Å². The Morgan fingerprint density at radius 1 is 0.955 bits per heavy atom. The van der Waals surface area contributed by atoms with Crippen LogP contribution in [-0.2, 0) is 4.57 Å². The van der Waals surface area contributed by atoms with Gasteiger partial charge in [0.05, 0.1) is 0 Å². The van der Waals surface area contributed by atoms with E-state index in [4.69, 9.17) is 0 Å². The van der Waals surface area contributed by atoms with Gasteiger partial charge in [0.2, 0.25) is 7.29 Å².